The van der Waals surface area contributed by atoms with E-state index in [0.29, 0.717) is 0 Å². The fourth-order valence-electron chi connectivity index (χ4n) is 1.14. The first kappa shape index (κ1) is 10.4. The predicted molar refractivity (Wildman–Crippen MR) is 53.1 cm³/mol. The van der Waals surface area contributed by atoms with Crippen LogP contribution in [-0.4, -0.2) is 21.6 Å². The molecule has 0 saturated carbocycles. The van der Waals surface area contributed by atoms with Gasteiger partial charge in [0.05, 0.1) is 6.21 Å². The van der Waals surface area contributed by atoms with Crippen LogP contribution in [0.15, 0.2) is 23.4 Å². The summed E-state index contributed by atoms with van der Waals surface area (Å²) in [4.78, 5) is 0. The van der Waals surface area contributed by atoms with Gasteiger partial charge in [-0.15, -0.1) is 5.16 Å². The monoisotopic (exact) mass is 195 g/mol. The summed E-state index contributed by atoms with van der Waals surface area (Å²) in [6, 6.07) is 4.51. The molecule has 1 aromatic rings. The Labute approximate surface area is 82.1 Å². The fraction of sp³-hybridized carbons (Fsp3) is 0.300. The smallest absolute Gasteiger partial charge is 0.157 e. The van der Waals surface area contributed by atoms with Crippen LogP contribution in [0.3, 0.4) is 0 Å². The van der Waals surface area contributed by atoms with Crippen LogP contribution in [0.5, 0.6) is 11.5 Å². The first-order valence-corrected chi connectivity index (χ1v) is 4.18. The lowest BCUT2D eigenvalue weighted by Gasteiger charge is -2.19. The average molecular weight is 195 g/mol. The van der Waals surface area contributed by atoms with E-state index in [9.17, 15) is 5.11 Å². The van der Waals surface area contributed by atoms with Crippen molar-refractivity contribution < 1.29 is 15.4 Å². The van der Waals surface area contributed by atoms with Crippen LogP contribution in [0.1, 0.15) is 19.4 Å². The predicted octanol–water partition coefficient (Wildman–Crippen LogP) is 1.84. The maximum atomic E-state index is 9.27. The van der Waals surface area contributed by atoms with Crippen molar-refractivity contribution >= 4 is 6.21 Å². The third kappa shape index (κ3) is 1.96. The first-order chi connectivity index (χ1) is 6.47. The molecule has 4 nitrogen and oxygen atoms in total. The number of hydrogen-bond acceptors (Lipinski definition) is 4. The minimum Gasteiger partial charge on any atom is -0.504 e. The number of rotatable bonds is 2. The van der Waals surface area contributed by atoms with E-state index in [1.165, 1.54) is 18.3 Å². The number of hydrogen-bond donors (Lipinski definition) is 3. The van der Waals surface area contributed by atoms with Crippen LogP contribution >= 0.6 is 0 Å². The molecule has 0 fully saturated rings. The van der Waals surface area contributed by atoms with Crippen LogP contribution in [0.2, 0.25) is 0 Å². The zero-order chi connectivity index (χ0) is 10.8. The first-order valence-electron chi connectivity index (χ1n) is 4.18. The Kier molecular flexibility index (Phi) is 2.65. The SMILES string of the molecule is CC(C)(C=NO)c1ccc(O)c(O)c1. The summed E-state index contributed by atoms with van der Waals surface area (Å²) in [5, 5.41) is 29.8. The Hall–Kier alpha value is -1.71. The van der Waals surface area contributed by atoms with Gasteiger partial charge in [-0.3, -0.25) is 0 Å². The van der Waals surface area contributed by atoms with Gasteiger partial charge in [0.2, 0.25) is 0 Å². The zero-order valence-electron chi connectivity index (χ0n) is 8.10. The van der Waals surface area contributed by atoms with Crippen molar-refractivity contribution in [1.29, 1.82) is 0 Å². The molecule has 0 heterocycles. The number of nitrogens with zero attached hydrogens (tertiary/aromatic N) is 1. The van der Waals surface area contributed by atoms with Crippen LogP contribution in [0.25, 0.3) is 0 Å². The highest BCUT2D eigenvalue weighted by Crippen LogP contribution is 2.30. The van der Waals surface area contributed by atoms with Gasteiger partial charge in [0.1, 0.15) is 0 Å². The van der Waals surface area contributed by atoms with Crippen molar-refractivity contribution in [3.8, 4) is 11.5 Å². The van der Waals surface area contributed by atoms with E-state index < -0.39 is 5.41 Å². The largest absolute Gasteiger partial charge is 0.504 e. The second kappa shape index (κ2) is 3.57. The van der Waals surface area contributed by atoms with E-state index in [1.54, 1.807) is 6.07 Å². The lowest BCUT2D eigenvalue weighted by Crippen LogP contribution is -2.18. The molecule has 3 N–H and O–H groups in total. The van der Waals surface area contributed by atoms with Gasteiger partial charge < -0.3 is 15.4 Å². The van der Waals surface area contributed by atoms with Crippen molar-refractivity contribution in [3.63, 3.8) is 0 Å². The second-order valence-corrected chi connectivity index (χ2v) is 3.67. The topological polar surface area (TPSA) is 73.1 Å². The maximum absolute atomic E-state index is 9.27. The molecular formula is C10H13NO3. The Morgan fingerprint density at radius 2 is 1.86 bits per heavy atom. The van der Waals surface area contributed by atoms with Crippen molar-refractivity contribution in [3.05, 3.63) is 23.8 Å². The molecule has 1 rings (SSSR count). The van der Waals surface area contributed by atoms with E-state index in [4.69, 9.17) is 10.3 Å². The highest BCUT2D eigenvalue weighted by molar-refractivity contribution is 5.72. The Bertz CT molecular complexity index is 358. The van der Waals surface area contributed by atoms with E-state index in [-0.39, 0.29) is 11.5 Å². The molecule has 0 amide bonds. The quantitative estimate of drug-likeness (QED) is 0.292. The molecule has 14 heavy (non-hydrogen) atoms. The Balaban J connectivity index is 3.14. The summed E-state index contributed by atoms with van der Waals surface area (Å²) in [6.07, 6.45) is 1.36. The van der Waals surface area contributed by atoms with E-state index in [1.807, 2.05) is 13.8 Å². The van der Waals surface area contributed by atoms with Gasteiger partial charge in [-0.1, -0.05) is 19.9 Å². The Morgan fingerprint density at radius 1 is 1.21 bits per heavy atom. The average Bonchev–Trinajstić information content (AvgIpc) is 2.09. The molecule has 0 spiro atoms. The van der Waals surface area contributed by atoms with Crippen molar-refractivity contribution in [2.75, 3.05) is 0 Å². The molecule has 0 radical (unpaired) electrons. The number of phenolic OH excluding ortho intramolecular Hbond substituents is 2. The molecule has 0 aliphatic heterocycles. The van der Waals surface area contributed by atoms with Crippen molar-refractivity contribution in [2.24, 2.45) is 5.16 Å². The standard InChI is InChI=1S/C10H13NO3/c1-10(2,6-11-14)7-3-4-8(12)9(13)5-7/h3-6,12-14H,1-2H3. The minimum atomic E-state index is -0.486. The lowest BCUT2D eigenvalue weighted by atomic mass is 9.86. The summed E-state index contributed by atoms with van der Waals surface area (Å²) >= 11 is 0. The van der Waals surface area contributed by atoms with Gasteiger partial charge in [0, 0.05) is 5.41 Å². The van der Waals surface area contributed by atoms with Gasteiger partial charge in [-0.2, -0.15) is 0 Å². The summed E-state index contributed by atoms with van der Waals surface area (Å²) in [7, 11) is 0. The summed E-state index contributed by atoms with van der Waals surface area (Å²) in [5.41, 5.74) is 0.269. The van der Waals surface area contributed by atoms with Gasteiger partial charge in [-0.25, -0.2) is 0 Å². The highest BCUT2D eigenvalue weighted by Gasteiger charge is 2.19. The van der Waals surface area contributed by atoms with Crippen LogP contribution in [0.4, 0.5) is 0 Å². The molecule has 0 bridgehead atoms. The van der Waals surface area contributed by atoms with Crippen LogP contribution in [-0.2, 0) is 5.41 Å². The number of phenols is 2. The minimum absolute atomic E-state index is 0.162. The Morgan fingerprint density at radius 3 is 2.36 bits per heavy atom. The van der Waals surface area contributed by atoms with Crippen LogP contribution in [0, 0.1) is 0 Å². The van der Waals surface area contributed by atoms with E-state index in [2.05, 4.69) is 5.16 Å². The van der Waals surface area contributed by atoms with Crippen molar-refractivity contribution in [1.82, 2.24) is 0 Å². The molecule has 1 aromatic carbocycles. The zero-order valence-corrected chi connectivity index (χ0v) is 8.10. The third-order valence-corrected chi connectivity index (χ3v) is 2.10. The third-order valence-electron chi connectivity index (χ3n) is 2.10. The lowest BCUT2D eigenvalue weighted by molar-refractivity contribution is 0.317. The summed E-state index contributed by atoms with van der Waals surface area (Å²) in [6.45, 7) is 3.66. The van der Waals surface area contributed by atoms with E-state index in [0.717, 1.165) is 5.56 Å². The molecule has 0 unspecified atom stereocenters. The highest BCUT2D eigenvalue weighted by atomic mass is 16.4. The summed E-state index contributed by atoms with van der Waals surface area (Å²) < 4.78 is 0. The second-order valence-electron chi connectivity index (χ2n) is 3.67. The molecule has 0 aliphatic carbocycles. The van der Waals surface area contributed by atoms with Gasteiger partial charge >= 0.3 is 0 Å². The number of aromatic hydroxyl groups is 2. The normalized spacial score (nSPS) is 12.1. The molecule has 0 aromatic heterocycles. The van der Waals surface area contributed by atoms with Gasteiger partial charge in [0.25, 0.3) is 0 Å². The number of benzene rings is 1. The maximum Gasteiger partial charge on any atom is 0.157 e. The van der Waals surface area contributed by atoms with Crippen molar-refractivity contribution in [2.45, 2.75) is 19.3 Å². The molecule has 76 valence electrons. The van der Waals surface area contributed by atoms with Gasteiger partial charge in [-0.05, 0) is 17.7 Å². The molecule has 0 atom stereocenters. The molecular weight excluding hydrogens is 182 g/mol. The van der Waals surface area contributed by atoms with Crippen LogP contribution < -0.4 is 0 Å². The van der Waals surface area contributed by atoms with E-state index >= 15 is 0 Å². The summed E-state index contributed by atoms with van der Waals surface area (Å²) in [5.74, 6) is -0.340. The molecule has 4 heteroatoms. The molecule has 0 saturated heterocycles. The number of oxime groups is 1. The fourth-order valence-corrected chi connectivity index (χ4v) is 1.14. The molecule has 0 aliphatic rings. The van der Waals surface area contributed by atoms with Gasteiger partial charge in [0.15, 0.2) is 11.5 Å².